The lowest BCUT2D eigenvalue weighted by Crippen LogP contribution is -2.41. The summed E-state index contributed by atoms with van der Waals surface area (Å²) < 4.78 is 13.9. The van der Waals surface area contributed by atoms with E-state index in [1.165, 1.54) is 18.2 Å². The Hall–Kier alpha value is -1.14. The smallest absolute Gasteiger partial charge is 0.337 e. The van der Waals surface area contributed by atoms with Gasteiger partial charge in [-0.1, -0.05) is 15.9 Å². The molecule has 0 aliphatic heterocycles. The van der Waals surface area contributed by atoms with Crippen LogP contribution in [-0.4, -0.2) is 28.3 Å². The van der Waals surface area contributed by atoms with E-state index >= 15 is 0 Å². The predicted molar refractivity (Wildman–Crippen MR) is 60.8 cm³/mol. The zero-order valence-corrected chi connectivity index (χ0v) is 10.1. The van der Waals surface area contributed by atoms with Gasteiger partial charge in [0.2, 0.25) is 0 Å². The predicted octanol–water partition coefficient (Wildman–Crippen LogP) is 1.84. The van der Waals surface area contributed by atoms with E-state index in [9.17, 15) is 14.3 Å². The van der Waals surface area contributed by atoms with Gasteiger partial charge in [0.05, 0.1) is 12.2 Å². The van der Waals surface area contributed by atoms with E-state index in [4.69, 9.17) is 5.11 Å². The first-order valence-corrected chi connectivity index (χ1v) is 5.27. The van der Waals surface area contributed by atoms with Crippen molar-refractivity contribution in [1.82, 2.24) is 0 Å². The Labute approximate surface area is 100 Å². The van der Waals surface area contributed by atoms with E-state index in [1.54, 1.807) is 0 Å². The van der Waals surface area contributed by atoms with Crippen LogP contribution in [0.1, 0.15) is 6.92 Å². The summed E-state index contributed by atoms with van der Waals surface area (Å²) in [6.07, 6.45) is 0. The summed E-state index contributed by atoms with van der Waals surface area (Å²) in [7, 11) is 0. The molecule has 0 saturated heterocycles. The van der Waals surface area contributed by atoms with Crippen LogP contribution in [0.3, 0.4) is 0 Å². The molecular formula is C10H11BrFNO3. The van der Waals surface area contributed by atoms with Gasteiger partial charge in [0.25, 0.3) is 0 Å². The highest BCUT2D eigenvalue weighted by atomic mass is 79.9. The van der Waals surface area contributed by atoms with Crippen LogP contribution in [-0.2, 0) is 4.79 Å². The lowest BCUT2D eigenvalue weighted by molar-refractivity contribution is -0.155. The number of rotatable bonds is 4. The second kappa shape index (κ2) is 4.80. The van der Waals surface area contributed by atoms with Gasteiger partial charge in [-0.3, -0.25) is 0 Å². The van der Waals surface area contributed by atoms with Crippen LogP contribution in [0, 0.1) is 5.82 Å². The Morgan fingerprint density at radius 1 is 1.62 bits per heavy atom. The van der Waals surface area contributed by atoms with Crippen molar-refractivity contribution >= 4 is 27.6 Å². The highest BCUT2D eigenvalue weighted by Gasteiger charge is 2.29. The van der Waals surface area contributed by atoms with Gasteiger partial charge < -0.3 is 15.5 Å². The van der Waals surface area contributed by atoms with E-state index in [1.807, 2.05) is 0 Å². The number of benzene rings is 1. The lowest BCUT2D eigenvalue weighted by Gasteiger charge is -2.19. The third kappa shape index (κ3) is 3.18. The average Bonchev–Trinajstić information content (AvgIpc) is 2.19. The molecule has 0 fully saturated rings. The zero-order chi connectivity index (χ0) is 12.3. The van der Waals surface area contributed by atoms with Crippen LogP contribution >= 0.6 is 15.9 Å². The van der Waals surface area contributed by atoms with E-state index in [-0.39, 0.29) is 12.2 Å². The first-order chi connectivity index (χ1) is 7.33. The highest BCUT2D eigenvalue weighted by molar-refractivity contribution is 9.10. The number of anilines is 1. The van der Waals surface area contributed by atoms with Crippen LogP contribution in [0.4, 0.5) is 10.1 Å². The maximum Gasteiger partial charge on any atom is 0.337 e. The van der Waals surface area contributed by atoms with Crippen molar-refractivity contribution < 1.29 is 19.4 Å². The number of aliphatic hydroxyl groups is 1. The van der Waals surface area contributed by atoms with Crippen LogP contribution in [0.5, 0.6) is 0 Å². The molecule has 0 radical (unpaired) electrons. The standard InChI is InChI=1S/C10H11BrFNO3/c1-10(16,9(14)15)5-13-8-4-6(11)2-3-7(8)12/h2-4,13,16H,5H2,1H3,(H,14,15). The SMILES string of the molecule is CC(O)(CNc1cc(Br)ccc1F)C(=O)O. The van der Waals surface area contributed by atoms with Crippen molar-refractivity contribution in [3.63, 3.8) is 0 Å². The van der Waals surface area contributed by atoms with Crippen molar-refractivity contribution in [3.05, 3.63) is 28.5 Å². The van der Waals surface area contributed by atoms with Gasteiger partial charge in [0.15, 0.2) is 5.60 Å². The summed E-state index contributed by atoms with van der Waals surface area (Å²) in [5, 5.41) is 20.6. The Kier molecular flexibility index (Phi) is 3.88. The van der Waals surface area contributed by atoms with Crippen molar-refractivity contribution in [2.45, 2.75) is 12.5 Å². The van der Waals surface area contributed by atoms with E-state index < -0.39 is 17.4 Å². The quantitative estimate of drug-likeness (QED) is 0.792. The molecule has 1 rings (SSSR count). The highest BCUT2D eigenvalue weighted by Crippen LogP contribution is 2.20. The lowest BCUT2D eigenvalue weighted by atomic mass is 10.1. The van der Waals surface area contributed by atoms with Gasteiger partial charge in [-0.2, -0.15) is 0 Å². The average molecular weight is 292 g/mol. The molecule has 1 aromatic rings. The minimum absolute atomic E-state index is 0.135. The number of nitrogens with one attached hydrogen (secondary N) is 1. The molecule has 0 saturated carbocycles. The Balaban J connectivity index is 2.75. The number of carbonyl (C=O) groups is 1. The summed E-state index contributed by atoms with van der Waals surface area (Å²) in [4.78, 5) is 10.6. The zero-order valence-electron chi connectivity index (χ0n) is 8.50. The summed E-state index contributed by atoms with van der Waals surface area (Å²) in [5.41, 5.74) is -1.80. The Morgan fingerprint density at radius 2 is 2.25 bits per heavy atom. The molecule has 0 aliphatic carbocycles. The number of carboxylic acids is 1. The molecule has 16 heavy (non-hydrogen) atoms. The Bertz CT molecular complexity index is 409. The fourth-order valence-corrected chi connectivity index (χ4v) is 1.34. The number of hydrogen-bond donors (Lipinski definition) is 3. The molecule has 0 aliphatic rings. The molecule has 4 nitrogen and oxygen atoms in total. The molecule has 6 heteroatoms. The molecule has 3 N–H and O–H groups in total. The fourth-order valence-electron chi connectivity index (χ4n) is 0.976. The largest absolute Gasteiger partial charge is 0.479 e. The molecule has 1 aromatic carbocycles. The van der Waals surface area contributed by atoms with Gasteiger partial charge in [0, 0.05) is 4.47 Å². The molecular weight excluding hydrogens is 281 g/mol. The molecule has 0 bridgehead atoms. The number of aliphatic carboxylic acids is 1. The molecule has 0 heterocycles. The first-order valence-electron chi connectivity index (χ1n) is 4.47. The fraction of sp³-hybridized carbons (Fsp3) is 0.300. The molecule has 88 valence electrons. The second-order valence-electron chi connectivity index (χ2n) is 3.56. The maximum atomic E-state index is 13.2. The van der Waals surface area contributed by atoms with Crippen LogP contribution in [0.15, 0.2) is 22.7 Å². The molecule has 1 unspecified atom stereocenters. The molecule has 0 spiro atoms. The summed E-state index contributed by atoms with van der Waals surface area (Å²) in [6.45, 7) is 0.855. The first kappa shape index (κ1) is 12.9. The summed E-state index contributed by atoms with van der Waals surface area (Å²) in [6, 6.07) is 4.23. The van der Waals surface area contributed by atoms with Crippen molar-refractivity contribution in [2.75, 3.05) is 11.9 Å². The van der Waals surface area contributed by atoms with E-state index in [2.05, 4.69) is 21.2 Å². The third-order valence-electron chi connectivity index (χ3n) is 2.01. The number of carboxylic acid groups (broad SMARTS) is 1. The van der Waals surface area contributed by atoms with Gasteiger partial charge >= 0.3 is 5.97 Å². The summed E-state index contributed by atoms with van der Waals surface area (Å²) >= 11 is 3.16. The molecule has 0 amide bonds. The molecule has 0 aromatic heterocycles. The van der Waals surface area contributed by atoms with Gasteiger partial charge in [-0.15, -0.1) is 0 Å². The molecule has 1 atom stereocenters. The van der Waals surface area contributed by atoms with E-state index in [0.717, 1.165) is 6.92 Å². The van der Waals surface area contributed by atoms with Crippen LogP contribution in [0.25, 0.3) is 0 Å². The number of hydrogen-bond acceptors (Lipinski definition) is 3. The minimum atomic E-state index is -1.94. The second-order valence-corrected chi connectivity index (χ2v) is 4.47. The Morgan fingerprint density at radius 3 is 2.81 bits per heavy atom. The van der Waals surface area contributed by atoms with Gasteiger partial charge in [0.1, 0.15) is 5.82 Å². The van der Waals surface area contributed by atoms with Crippen LogP contribution < -0.4 is 5.32 Å². The third-order valence-corrected chi connectivity index (χ3v) is 2.51. The van der Waals surface area contributed by atoms with E-state index in [0.29, 0.717) is 4.47 Å². The maximum absolute atomic E-state index is 13.2. The van der Waals surface area contributed by atoms with Crippen LogP contribution in [0.2, 0.25) is 0 Å². The van der Waals surface area contributed by atoms with Gasteiger partial charge in [-0.25, -0.2) is 9.18 Å². The van der Waals surface area contributed by atoms with Crippen molar-refractivity contribution in [2.24, 2.45) is 0 Å². The summed E-state index contributed by atoms with van der Waals surface area (Å²) in [5.74, 6) is -1.88. The van der Waals surface area contributed by atoms with Crippen molar-refractivity contribution in [1.29, 1.82) is 0 Å². The van der Waals surface area contributed by atoms with Crippen molar-refractivity contribution in [3.8, 4) is 0 Å². The topological polar surface area (TPSA) is 69.6 Å². The minimum Gasteiger partial charge on any atom is -0.479 e. The normalized spacial score (nSPS) is 14.2. The monoisotopic (exact) mass is 291 g/mol. The van der Waals surface area contributed by atoms with Gasteiger partial charge in [-0.05, 0) is 25.1 Å². The number of halogens is 2.